The number of rotatable bonds is 1. The van der Waals surface area contributed by atoms with Crippen molar-refractivity contribution in [2.75, 3.05) is 13.7 Å². The summed E-state index contributed by atoms with van der Waals surface area (Å²) in [5.41, 5.74) is -0.653. The summed E-state index contributed by atoms with van der Waals surface area (Å²) in [4.78, 5) is 11.4. The summed E-state index contributed by atoms with van der Waals surface area (Å²) >= 11 is 0. The summed E-state index contributed by atoms with van der Waals surface area (Å²) < 4.78 is 9.88. The molecule has 2 aliphatic rings. The average Bonchev–Trinajstić information content (AvgIpc) is 2.77. The van der Waals surface area contributed by atoms with Crippen LogP contribution < -0.4 is 0 Å². The Labute approximate surface area is 64.3 Å². The fourth-order valence-electron chi connectivity index (χ4n) is 1.12. The third-order valence-corrected chi connectivity index (χ3v) is 1.90. The highest BCUT2D eigenvalue weighted by Crippen LogP contribution is 2.34. The number of carbonyl (C=O) groups excluding carboxylic acids is 1. The lowest BCUT2D eigenvalue weighted by Gasteiger charge is -2.11. The fourth-order valence-corrected chi connectivity index (χ4v) is 1.12. The van der Waals surface area contributed by atoms with Crippen LogP contribution in [-0.2, 0) is 14.3 Å². The first kappa shape index (κ1) is 6.61. The second-order valence-electron chi connectivity index (χ2n) is 2.60. The molecule has 1 fully saturated rings. The molecule has 0 bridgehead atoms. The van der Waals surface area contributed by atoms with Crippen molar-refractivity contribution in [3.05, 3.63) is 24.0 Å². The van der Waals surface area contributed by atoms with Crippen molar-refractivity contribution in [3.63, 3.8) is 0 Å². The van der Waals surface area contributed by atoms with Gasteiger partial charge in [-0.1, -0.05) is 6.08 Å². The normalized spacial score (nSPS) is 33.9. The fraction of sp³-hybridized carbons (Fsp3) is 0.375. The molecule has 0 aromatic rings. The van der Waals surface area contributed by atoms with Crippen molar-refractivity contribution in [3.8, 4) is 0 Å². The molecule has 0 aromatic heterocycles. The van der Waals surface area contributed by atoms with Crippen molar-refractivity contribution in [2.24, 2.45) is 0 Å². The monoisotopic (exact) mass is 152 g/mol. The molecular formula is C8H8O3. The summed E-state index contributed by atoms with van der Waals surface area (Å²) in [5.74, 6) is 0.312. The molecule has 1 saturated heterocycles. The van der Waals surface area contributed by atoms with Crippen LogP contribution in [0.3, 0.4) is 0 Å². The van der Waals surface area contributed by atoms with E-state index < -0.39 is 5.60 Å². The van der Waals surface area contributed by atoms with Gasteiger partial charge in [-0.25, -0.2) is 0 Å². The molecule has 2 rings (SSSR count). The standard InChI is InChI=1S/C8H8O3/c1-10-6-3-2-4-8(5-11-8)7(6)9/h2-4H,5H2,1H3/t8-/m1/s1. The summed E-state index contributed by atoms with van der Waals surface area (Å²) in [7, 11) is 1.49. The number of Topliss-reactive ketones (excluding diaryl/α,β-unsaturated/α-hetero) is 1. The van der Waals surface area contributed by atoms with Crippen LogP contribution in [0.5, 0.6) is 0 Å². The van der Waals surface area contributed by atoms with Gasteiger partial charge in [-0.15, -0.1) is 0 Å². The number of hydrogen-bond donors (Lipinski definition) is 0. The van der Waals surface area contributed by atoms with E-state index in [1.54, 1.807) is 18.2 Å². The van der Waals surface area contributed by atoms with Crippen molar-refractivity contribution in [2.45, 2.75) is 5.60 Å². The number of carbonyl (C=O) groups is 1. The molecule has 0 radical (unpaired) electrons. The quantitative estimate of drug-likeness (QED) is 0.511. The van der Waals surface area contributed by atoms with Crippen LogP contribution in [0, 0.1) is 0 Å². The number of ether oxygens (including phenoxy) is 2. The zero-order valence-electron chi connectivity index (χ0n) is 6.16. The third kappa shape index (κ3) is 0.811. The Hall–Kier alpha value is -1.09. The second kappa shape index (κ2) is 1.95. The van der Waals surface area contributed by atoms with Gasteiger partial charge in [0, 0.05) is 0 Å². The zero-order chi connectivity index (χ0) is 7.90. The molecule has 0 amide bonds. The lowest BCUT2D eigenvalue weighted by molar-refractivity contribution is -0.122. The van der Waals surface area contributed by atoms with E-state index in [4.69, 9.17) is 9.47 Å². The minimum absolute atomic E-state index is 0.0671. The highest BCUT2D eigenvalue weighted by Gasteiger charge is 2.52. The maximum atomic E-state index is 11.4. The summed E-state index contributed by atoms with van der Waals surface area (Å²) in [6.07, 6.45) is 5.19. The topological polar surface area (TPSA) is 38.8 Å². The van der Waals surface area contributed by atoms with E-state index in [1.165, 1.54) is 7.11 Å². The van der Waals surface area contributed by atoms with E-state index >= 15 is 0 Å². The zero-order valence-corrected chi connectivity index (χ0v) is 6.16. The van der Waals surface area contributed by atoms with Crippen LogP contribution in [0.4, 0.5) is 0 Å². The van der Waals surface area contributed by atoms with Gasteiger partial charge in [-0.3, -0.25) is 4.79 Å². The first-order valence-electron chi connectivity index (χ1n) is 3.41. The maximum Gasteiger partial charge on any atom is 0.235 e. The highest BCUT2D eigenvalue weighted by atomic mass is 16.6. The van der Waals surface area contributed by atoms with Gasteiger partial charge in [-0.2, -0.15) is 0 Å². The third-order valence-electron chi connectivity index (χ3n) is 1.90. The minimum Gasteiger partial charge on any atom is -0.493 e. The Morgan fingerprint density at radius 2 is 2.45 bits per heavy atom. The number of ketones is 1. The predicted molar refractivity (Wildman–Crippen MR) is 37.9 cm³/mol. The van der Waals surface area contributed by atoms with Gasteiger partial charge >= 0.3 is 0 Å². The number of epoxide rings is 1. The molecule has 0 N–H and O–H groups in total. The molecular weight excluding hydrogens is 144 g/mol. The van der Waals surface area contributed by atoms with Crippen LogP contribution >= 0.6 is 0 Å². The van der Waals surface area contributed by atoms with Crippen molar-refractivity contribution in [1.29, 1.82) is 0 Å². The van der Waals surface area contributed by atoms with Gasteiger partial charge in [0.15, 0.2) is 11.4 Å². The SMILES string of the molecule is COC1=CC=C[C@@]2(CO2)C1=O. The van der Waals surface area contributed by atoms with Gasteiger partial charge < -0.3 is 9.47 Å². The Morgan fingerprint density at radius 1 is 1.73 bits per heavy atom. The van der Waals surface area contributed by atoms with Crippen LogP contribution in [-0.4, -0.2) is 25.1 Å². The molecule has 11 heavy (non-hydrogen) atoms. The summed E-state index contributed by atoms with van der Waals surface area (Å²) in [6, 6.07) is 0. The van der Waals surface area contributed by atoms with Gasteiger partial charge in [-0.05, 0) is 12.2 Å². The second-order valence-corrected chi connectivity index (χ2v) is 2.60. The van der Waals surface area contributed by atoms with Crippen molar-refractivity contribution >= 4 is 5.78 Å². The van der Waals surface area contributed by atoms with Gasteiger partial charge in [0.2, 0.25) is 5.78 Å². The maximum absolute atomic E-state index is 11.4. The molecule has 0 saturated carbocycles. The predicted octanol–water partition coefficient (Wildman–Crippen LogP) is 0.425. The van der Waals surface area contributed by atoms with E-state index in [1.807, 2.05) is 0 Å². The molecule has 1 aliphatic carbocycles. The van der Waals surface area contributed by atoms with Gasteiger partial charge in [0.25, 0.3) is 0 Å². The number of methoxy groups -OCH3 is 1. The minimum atomic E-state index is -0.653. The Bertz CT molecular complexity index is 259. The molecule has 1 heterocycles. The molecule has 1 aliphatic heterocycles. The van der Waals surface area contributed by atoms with E-state index in [2.05, 4.69) is 0 Å². The smallest absolute Gasteiger partial charge is 0.235 e. The Morgan fingerprint density at radius 3 is 3.00 bits per heavy atom. The van der Waals surface area contributed by atoms with E-state index in [-0.39, 0.29) is 5.78 Å². The highest BCUT2D eigenvalue weighted by molar-refractivity contribution is 6.05. The summed E-state index contributed by atoms with van der Waals surface area (Å²) in [5, 5.41) is 0. The summed E-state index contributed by atoms with van der Waals surface area (Å²) in [6.45, 7) is 0.489. The lowest BCUT2D eigenvalue weighted by atomic mass is 9.99. The van der Waals surface area contributed by atoms with E-state index in [0.29, 0.717) is 12.4 Å². The molecule has 0 unspecified atom stereocenters. The van der Waals surface area contributed by atoms with Crippen LogP contribution in [0.2, 0.25) is 0 Å². The first-order valence-corrected chi connectivity index (χ1v) is 3.41. The largest absolute Gasteiger partial charge is 0.493 e. The molecule has 0 aromatic carbocycles. The lowest BCUT2D eigenvalue weighted by Crippen LogP contribution is -2.26. The van der Waals surface area contributed by atoms with Gasteiger partial charge in [0.05, 0.1) is 13.7 Å². The van der Waals surface area contributed by atoms with Crippen molar-refractivity contribution in [1.82, 2.24) is 0 Å². The molecule has 3 nitrogen and oxygen atoms in total. The molecule has 58 valence electrons. The van der Waals surface area contributed by atoms with Crippen LogP contribution in [0.15, 0.2) is 24.0 Å². The number of hydrogen-bond acceptors (Lipinski definition) is 3. The van der Waals surface area contributed by atoms with Crippen LogP contribution in [0.25, 0.3) is 0 Å². The molecule has 1 atom stereocenters. The van der Waals surface area contributed by atoms with E-state index in [0.717, 1.165) is 0 Å². The number of allylic oxidation sites excluding steroid dienone is 2. The first-order chi connectivity index (χ1) is 5.28. The Balaban J connectivity index is 2.31. The molecule has 1 spiro atoms. The molecule has 3 heteroatoms. The van der Waals surface area contributed by atoms with E-state index in [9.17, 15) is 4.79 Å². The van der Waals surface area contributed by atoms with Crippen molar-refractivity contribution < 1.29 is 14.3 Å². The Kier molecular flexibility index (Phi) is 1.17. The van der Waals surface area contributed by atoms with Crippen LogP contribution in [0.1, 0.15) is 0 Å². The average molecular weight is 152 g/mol. The van der Waals surface area contributed by atoms with Gasteiger partial charge in [0.1, 0.15) is 0 Å².